The molecule has 0 unspecified atom stereocenters. The lowest BCUT2D eigenvalue weighted by Gasteiger charge is -2.30. The first-order valence-corrected chi connectivity index (χ1v) is 19.2. The summed E-state index contributed by atoms with van der Waals surface area (Å²) in [7, 11) is 0. The Bertz CT molecular complexity index is 2890. The minimum atomic E-state index is -0.207. The van der Waals surface area contributed by atoms with E-state index in [0.29, 0.717) is 0 Å². The van der Waals surface area contributed by atoms with Gasteiger partial charge in [-0.15, -0.1) is 0 Å². The van der Waals surface area contributed by atoms with Crippen molar-refractivity contribution in [3.8, 4) is 27.9 Å². The number of fused-ring (bicyclic) bond motifs is 10. The van der Waals surface area contributed by atoms with Crippen molar-refractivity contribution in [2.45, 2.75) is 51.4 Å². The molecule has 3 aliphatic rings. The van der Waals surface area contributed by atoms with E-state index >= 15 is 0 Å². The Morgan fingerprint density at radius 2 is 1.26 bits per heavy atom. The van der Waals surface area contributed by atoms with Gasteiger partial charge in [0, 0.05) is 33.3 Å². The Hall–Kier alpha value is -6.30. The van der Waals surface area contributed by atoms with Crippen LogP contribution in [0.15, 0.2) is 140 Å². The number of benzene rings is 6. The number of nitrogens with zero attached hydrogens (tertiary/aromatic N) is 2. The van der Waals surface area contributed by atoms with Crippen LogP contribution in [0.1, 0.15) is 67.6 Å². The standard InChI is InChI=1S/C52H40N2/c1-51(2)44-20-10-7-17-38(44)39-27-24-34(30-45(39)51)53(48-23-13-15-33-14-5-6-16-37(33)48)35-25-28-40-41-29-26-36(32-47(41)52(3,4)46(40)31-35)54-49-21-11-8-18-42(49)43-19-9-12-22-50(43)54/h5-7,10-17,20-32H,8,18H2,1-4H3. The molecule has 2 nitrogen and oxygen atoms in total. The SMILES string of the molecule is CC1(C)c2ccccc2-c2ccc(N(c3ccc4c(c3)C(C)(C)c3cc(-n5c6c(c7c#cccc75)CCC=C6)ccc3-4)c3cccc4ccccc34)cc21. The molecule has 0 aliphatic heterocycles. The zero-order valence-electron chi connectivity index (χ0n) is 31.2. The third-order valence-electron chi connectivity index (χ3n) is 12.7. The number of rotatable bonds is 4. The van der Waals surface area contributed by atoms with Gasteiger partial charge in [-0.25, -0.2) is 0 Å². The summed E-state index contributed by atoms with van der Waals surface area (Å²) in [4.78, 5) is 2.49. The molecule has 11 rings (SSSR count). The zero-order valence-corrected chi connectivity index (χ0v) is 31.2. The van der Waals surface area contributed by atoms with E-state index in [4.69, 9.17) is 0 Å². The fraction of sp³-hybridized carbons (Fsp3) is 0.154. The van der Waals surface area contributed by atoms with E-state index in [0.717, 1.165) is 12.8 Å². The van der Waals surface area contributed by atoms with Crippen LogP contribution in [0.3, 0.4) is 0 Å². The van der Waals surface area contributed by atoms with Gasteiger partial charge in [0.2, 0.25) is 0 Å². The molecule has 0 fully saturated rings. The van der Waals surface area contributed by atoms with E-state index in [1.54, 1.807) is 0 Å². The summed E-state index contributed by atoms with van der Waals surface area (Å²) < 4.78 is 2.44. The lowest BCUT2D eigenvalue weighted by atomic mass is 9.82. The Kier molecular flexibility index (Phi) is 6.43. The van der Waals surface area contributed by atoms with Crippen LogP contribution >= 0.6 is 0 Å². The van der Waals surface area contributed by atoms with Gasteiger partial charge in [0.1, 0.15) is 0 Å². The van der Waals surface area contributed by atoms with Crippen molar-refractivity contribution in [1.29, 1.82) is 0 Å². The summed E-state index contributed by atoms with van der Waals surface area (Å²) in [5, 5.41) is 3.67. The predicted octanol–water partition coefficient (Wildman–Crippen LogP) is 13.4. The Labute approximate surface area is 317 Å². The van der Waals surface area contributed by atoms with Gasteiger partial charge in [0.25, 0.3) is 0 Å². The first kappa shape index (κ1) is 31.2. The Morgan fingerprint density at radius 3 is 2.06 bits per heavy atom. The molecular weight excluding hydrogens is 653 g/mol. The summed E-state index contributed by atoms with van der Waals surface area (Å²) in [6, 6.07) is 56.6. The number of allylic oxidation sites excluding steroid dienone is 1. The second-order valence-electron chi connectivity index (χ2n) is 16.3. The summed E-state index contributed by atoms with van der Waals surface area (Å²) in [6.07, 6.45) is 6.71. The van der Waals surface area contributed by atoms with Crippen LogP contribution in [-0.4, -0.2) is 4.57 Å². The van der Waals surface area contributed by atoms with Crippen LogP contribution in [0.2, 0.25) is 0 Å². The zero-order chi connectivity index (χ0) is 36.3. The third-order valence-corrected chi connectivity index (χ3v) is 12.7. The fourth-order valence-corrected chi connectivity index (χ4v) is 9.97. The molecule has 0 radical (unpaired) electrons. The first-order chi connectivity index (χ1) is 26.3. The van der Waals surface area contributed by atoms with E-state index in [2.05, 4.69) is 189 Å². The van der Waals surface area contributed by atoms with E-state index in [1.807, 2.05) is 6.07 Å². The summed E-state index contributed by atoms with van der Waals surface area (Å²) in [5.41, 5.74) is 19.1. The van der Waals surface area contributed by atoms with E-state index in [1.165, 1.54) is 100 Å². The van der Waals surface area contributed by atoms with Gasteiger partial charge in [0.05, 0.1) is 22.3 Å². The molecule has 0 atom stereocenters. The number of hydrogen-bond acceptors (Lipinski definition) is 1. The van der Waals surface area contributed by atoms with Gasteiger partial charge in [-0.1, -0.05) is 125 Å². The summed E-state index contributed by atoms with van der Waals surface area (Å²) >= 11 is 0. The molecule has 1 aromatic heterocycles. The fourth-order valence-electron chi connectivity index (χ4n) is 9.97. The van der Waals surface area contributed by atoms with Crippen LogP contribution < -0.4 is 4.90 Å². The van der Waals surface area contributed by atoms with Crippen molar-refractivity contribution in [2.75, 3.05) is 4.90 Å². The highest BCUT2D eigenvalue weighted by Crippen LogP contribution is 2.54. The molecule has 7 aromatic carbocycles. The highest BCUT2D eigenvalue weighted by molar-refractivity contribution is 6.00. The molecule has 8 aromatic rings. The predicted molar refractivity (Wildman–Crippen MR) is 226 cm³/mol. The second kappa shape index (κ2) is 11.1. The summed E-state index contributed by atoms with van der Waals surface area (Å²) in [5.74, 6) is 0. The molecule has 54 heavy (non-hydrogen) atoms. The maximum absolute atomic E-state index is 3.44. The Balaban J connectivity index is 1.08. The summed E-state index contributed by atoms with van der Waals surface area (Å²) in [6.45, 7) is 9.53. The average Bonchev–Trinajstić information content (AvgIpc) is 3.75. The topological polar surface area (TPSA) is 8.17 Å². The largest absolute Gasteiger partial charge is 0.310 e. The van der Waals surface area contributed by atoms with Crippen LogP contribution in [0.25, 0.3) is 55.7 Å². The molecule has 0 N–H and O–H groups in total. The van der Waals surface area contributed by atoms with Crippen molar-refractivity contribution in [1.82, 2.24) is 4.57 Å². The number of hydrogen-bond donors (Lipinski definition) is 0. The van der Waals surface area contributed by atoms with E-state index in [9.17, 15) is 0 Å². The van der Waals surface area contributed by atoms with Crippen LogP contribution in [0.5, 0.6) is 0 Å². The Morgan fingerprint density at radius 1 is 0.611 bits per heavy atom. The molecular formula is C52H40N2. The third kappa shape index (κ3) is 4.24. The molecule has 0 saturated carbocycles. The van der Waals surface area contributed by atoms with Crippen LogP contribution in [-0.2, 0) is 17.3 Å². The van der Waals surface area contributed by atoms with Gasteiger partial charge in [-0.3, -0.25) is 0 Å². The second-order valence-corrected chi connectivity index (χ2v) is 16.3. The monoisotopic (exact) mass is 692 g/mol. The van der Waals surface area contributed by atoms with Crippen molar-refractivity contribution >= 4 is 44.8 Å². The lowest BCUT2D eigenvalue weighted by Crippen LogP contribution is -2.18. The minimum absolute atomic E-state index is 0.0952. The highest BCUT2D eigenvalue weighted by Gasteiger charge is 2.38. The maximum atomic E-state index is 3.44. The van der Waals surface area contributed by atoms with Crippen LogP contribution in [0.4, 0.5) is 17.1 Å². The first-order valence-electron chi connectivity index (χ1n) is 19.2. The normalized spacial score (nSPS) is 15.3. The molecule has 0 saturated heterocycles. The van der Waals surface area contributed by atoms with Crippen molar-refractivity contribution in [3.05, 3.63) is 185 Å². The lowest BCUT2D eigenvalue weighted by molar-refractivity contribution is 0.659. The smallest absolute Gasteiger partial charge is 0.0628 e. The quantitative estimate of drug-likeness (QED) is 0.178. The molecule has 1 heterocycles. The molecule has 0 bridgehead atoms. The molecule has 2 heteroatoms. The number of anilines is 3. The van der Waals surface area contributed by atoms with E-state index in [-0.39, 0.29) is 10.8 Å². The van der Waals surface area contributed by atoms with Gasteiger partial charge >= 0.3 is 0 Å². The number of aromatic nitrogens is 1. The highest BCUT2D eigenvalue weighted by atomic mass is 15.1. The minimum Gasteiger partial charge on any atom is -0.310 e. The molecule has 3 aliphatic carbocycles. The maximum Gasteiger partial charge on any atom is 0.0628 e. The average molecular weight is 693 g/mol. The van der Waals surface area contributed by atoms with E-state index < -0.39 is 0 Å². The van der Waals surface area contributed by atoms with Gasteiger partial charge < -0.3 is 9.47 Å². The van der Waals surface area contributed by atoms with Gasteiger partial charge in [-0.05, 0) is 129 Å². The number of aryl methyl sites for hydroxylation is 1. The van der Waals surface area contributed by atoms with Gasteiger partial charge in [0.15, 0.2) is 0 Å². The molecule has 0 spiro atoms. The van der Waals surface area contributed by atoms with Crippen molar-refractivity contribution < 1.29 is 0 Å². The molecule has 0 amide bonds. The van der Waals surface area contributed by atoms with Crippen molar-refractivity contribution in [3.63, 3.8) is 0 Å². The molecule has 258 valence electrons. The van der Waals surface area contributed by atoms with Crippen molar-refractivity contribution in [2.24, 2.45) is 0 Å². The van der Waals surface area contributed by atoms with Gasteiger partial charge in [-0.2, -0.15) is 0 Å². The van der Waals surface area contributed by atoms with Crippen LogP contribution in [0, 0.1) is 12.1 Å².